The molecule has 0 aliphatic carbocycles. The molecule has 0 aromatic heterocycles. The van der Waals surface area contributed by atoms with Gasteiger partial charge >= 0.3 is 6.09 Å². The molecule has 0 bridgehead atoms. The van der Waals surface area contributed by atoms with E-state index in [9.17, 15) is 9.18 Å². The van der Waals surface area contributed by atoms with Crippen molar-refractivity contribution in [3.05, 3.63) is 35.6 Å². The highest BCUT2D eigenvalue weighted by molar-refractivity contribution is 14.0. The van der Waals surface area contributed by atoms with Gasteiger partial charge in [0.15, 0.2) is 5.96 Å². The number of nitrogens with one attached hydrogen (secondary N) is 3. The van der Waals surface area contributed by atoms with Gasteiger partial charge in [0.2, 0.25) is 0 Å². The van der Waals surface area contributed by atoms with E-state index in [0.29, 0.717) is 37.6 Å². The predicted octanol–water partition coefficient (Wildman–Crippen LogP) is 3.02. The third kappa shape index (κ3) is 10.8. The van der Waals surface area contributed by atoms with Gasteiger partial charge in [0.1, 0.15) is 11.4 Å². The summed E-state index contributed by atoms with van der Waals surface area (Å²) in [6.45, 7) is 6.92. The summed E-state index contributed by atoms with van der Waals surface area (Å²) >= 11 is 0. The molecule has 0 saturated carbocycles. The van der Waals surface area contributed by atoms with E-state index in [1.807, 2.05) is 20.8 Å². The van der Waals surface area contributed by atoms with E-state index in [4.69, 9.17) is 4.74 Å². The average molecular weight is 466 g/mol. The van der Waals surface area contributed by atoms with Crippen LogP contribution in [-0.4, -0.2) is 37.8 Å². The van der Waals surface area contributed by atoms with Crippen LogP contribution >= 0.6 is 24.0 Å². The van der Waals surface area contributed by atoms with Crippen LogP contribution in [-0.2, 0) is 11.3 Å². The maximum absolute atomic E-state index is 13.5. The molecule has 0 aliphatic rings. The van der Waals surface area contributed by atoms with Gasteiger partial charge in [0.25, 0.3) is 0 Å². The smallest absolute Gasteiger partial charge is 0.407 e. The van der Waals surface area contributed by atoms with Gasteiger partial charge in [-0.15, -0.1) is 24.0 Å². The first-order chi connectivity index (χ1) is 11.3. The minimum Gasteiger partial charge on any atom is -0.444 e. The number of guanidine groups is 1. The zero-order chi connectivity index (χ0) is 18.0. The predicted molar refractivity (Wildman–Crippen MR) is 109 cm³/mol. The summed E-state index contributed by atoms with van der Waals surface area (Å²) in [5.74, 6) is 0.331. The monoisotopic (exact) mass is 466 g/mol. The highest BCUT2D eigenvalue weighted by atomic mass is 127. The van der Waals surface area contributed by atoms with Crippen molar-refractivity contribution >= 4 is 36.0 Å². The van der Waals surface area contributed by atoms with Crippen molar-refractivity contribution in [3.63, 3.8) is 0 Å². The van der Waals surface area contributed by atoms with Crippen LogP contribution in [0, 0.1) is 5.82 Å². The van der Waals surface area contributed by atoms with E-state index >= 15 is 0 Å². The second kappa shape index (κ2) is 11.9. The Bertz CT molecular complexity index is 562. The fraction of sp³-hybridized carbons (Fsp3) is 0.529. The Kier molecular flexibility index (Phi) is 11.1. The molecule has 1 amide bonds. The highest BCUT2D eigenvalue weighted by Crippen LogP contribution is 2.06. The lowest BCUT2D eigenvalue weighted by molar-refractivity contribution is 0.0527. The van der Waals surface area contributed by atoms with Crippen LogP contribution in [0.2, 0.25) is 0 Å². The molecular weight excluding hydrogens is 438 g/mol. The molecule has 0 heterocycles. The van der Waals surface area contributed by atoms with Crippen molar-refractivity contribution in [1.82, 2.24) is 16.0 Å². The van der Waals surface area contributed by atoms with Crippen molar-refractivity contribution in [2.75, 3.05) is 20.1 Å². The molecule has 6 nitrogen and oxygen atoms in total. The van der Waals surface area contributed by atoms with Crippen molar-refractivity contribution in [2.45, 2.75) is 39.3 Å². The van der Waals surface area contributed by atoms with Crippen LogP contribution < -0.4 is 16.0 Å². The first-order valence-electron chi connectivity index (χ1n) is 7.96. The molecule has 0 spiro atoms. The zero-order valence-corrected chi connectivity index (χ0v) is 17.5. The average Bonchev–Trinajstić information content (AvgIpc) is 2.49. The van der Waals surface area contributed by atoms with Gasteiger partial charge in [0, 0.05) is 32.2 Å². The van der Waals surface area contributed by atoms with Crippen molar-refractivity contribution in [1.29, 1.82) is 0 Å². The summed E-state index contributed by atoms with van der Waals surface area (Å²) in [4.78, 5) is 15.6. The number of halogens is 2. The summed E-state index contributed by atoms with van der Waals surface area (Å²) in [5.41, 5.74) is 0.0770. The third-order valence-corrected chi connectivity index (χ3v) is 2.94. The molecule has 142 valence electrons. The fourth-order valence-electron chi connectivity index (χ4n) is 1.84. The van der Waals surface area contributed by atoms with Crippen LogP contribution in [0.15, 0.2) is 29.3 Å². The molecule has 0 saturated heterocycles. The van der Waals surface area contributed by atoms with E-state index in [1.54, 1.807) is 25.2 Å². The van der Waals surface area contributed by atoms with Crippen molar-refractivity contribution in [3.8, 4) is 0 Å². The van der Waals surface area contributed by atoms with Crippen LogP contribution in [0.25, 0.3) is 0 Å². The van der Waals surface area contributed by atoms with Gasteiger partial charge in [-0.2, -0.15) is 0 Å². The largest absolute Gasteiger partial charge is 0.444 e. The second-order valence-electron chi connectivity index (χ2n) is 6.23. The Morgan fingerprint density at radius 3 is 2.40 bits per heavy atom. The molecule has 1 aromatic rings. The maximum atomic E-state index is 13.5. The topological polar surface area (TPSA) is 74.8 Å². The number of hydrogen-bond acceptors (Lipinski definition) is 3. The van der Waals surface area contributed by atoms with Crippen LogP contribution in [0.4, 0.5) is 9.18 Å². The molecule has 0 fully saturated rings. The standard InChI is InChI=1S/C17H27FN4O2.HI/c1-17(2,3)24-16(23)21-11-7-10-20-15(19-4)22-12-13-8-5-6-9-14(13)18;/h5-6,8-9H,7,10-12H2,1-4H3,(H,21,23)(H2,19,20,22);1H. The molecule has 3 N–H and O–H groups in total. The molecule has 1 rings (SSSR count). The maximum Gasteiger partial charge on any atom is 0.407 e. The number of rotatable bonds is 6. The number of benzene rings is 1. The third-order valence-electron chi connectivity index (χ3n) is 2.94. The molecule has 8 heteroatoms. The summed E-state index contributed by atoms with van der Waals surface area (Å²) in [6, 6.07) is 6.60. The number of amides is 1. The fourth-order valence-corrected chi connectivity index (χ4v) is 1.84. The minimum absolute atomic E-state index is 0. The van der Waals surface area contributed by atoms with Gasteiger partial charge in [-0.1, -0.05) is 18.2 Å². The summed E-state index contributed by atoms with van der Waals surface area (Å²) < 4.78 is 18.7. The molecule has 0 unspecified atom stereocenters. The number of nitrogens with zero attached hydrogens (tertiary/aromatic N) is 1. The summed E-state index contributed by atoms with van der Waals surface area (Å²) in [5, 5.41) is 8.83. The molecular formula is C17H28FIN4O2. The van der Waals surface area contributed by atoms with Gasteiger partial charge in [-0.25, -0.2) is 9.18 Å². The summed E-state index contributed by atoms with van der Waals surface area (Å²) in [6.07, 6.45) is 0.282. The lowest BCUT2D eigenvalue weighted by atomic mass is 10.2. The second-order valence-corrected chi connectivity index (χ2v) is 6.23. The molecule has 0 atom stereocenters. The SMILES string of the molecule is CN=C(NCCCNC(=O)OC(C)(C)C)NCc1ccccc1F.I. The van der Waals surface area contributed by atoms with E-state index in [2.05, 4.69) is 20.9 Å². The van der Waals surface area contributed by atoms with E-state index in [-0.39, 0.29) is 29.8 Å². The van der Waals surface area contributed by atoms with E-state index in [1.165, 1.54) is 6.07 Å². The van der Waals surface area contributed by atoms with Gasteiger partial charge in [-0.3, -0.25) is 4.99 Å². The van der Waals surface area contributed by atoms with Crippen molar-refractivity contribution < 1.29 is 13.9 Å². The molecule has 25 heavy (non-hydrogen) atoms. The lowest BCUT2D eigenvalue weighted by Gasteiger charge is -2.19. The van der Waals surface area contributed by atoms with Gasteiger partial charge in [0.05, 0.1) is 0 Å². The molecule has 0 aliphatic heterocycles. The Morgan fingerprint density at radius 2 is 1.80 bits per heavy atom. The Morgan fingerprint density at radius 1 is 1.16 bits per heavy atom. The number of carbonyl (C=O) groups is 1. The van der Waals surface area contributed by atoms with Crippen LogP contribution in [0.1, 0.15) is 32.8 Å². The van der Waals surface area contributed by atoms with Crippen molar-refractivity contribution in [2.24, 2.45) is 4.99 Å². The van der Waals surface area contributed by atoms with E-state index < -0.39 is 11.7 Å². The van der Waals surface area contributed by atoms with Crippen LogP contribution in [0.5, 0.6) is 0 Å². The molecule has 1 aromatic carbocycles. The quantitative estimate of drug-likeness (QED) is 0.261. The Balaban J connectivity index is 0.00000576. The van der Waals surface area contributed by atoms with Gasteiger partial charge in [-0.05, 0) is 33.3 Å². The van der Waals surface area contributed by atoms with Crippen LogP contribution in [0.3, 0.4) is 0 Å². The number of alkyl carbamates (subject to hydrolysis) is 1. The highest BCUT2D eigenvalue weighted by Gasteiger charge is 2.15. The first-order valence-corrected chi connectivity index (χ1v) is 7.96. The summed E-state index contributed by atoms with van der Waals surface area (Å²) in [7, 11) is 1.65. The number of hydrogen-bond donors (Lipinski definition) is 3. The normalized spacial score (nSPS) is 11.3. The Hall–Kier alpha value is -1.58. The number of aliphatic imine (C=N–C) groups is 1. The van der Waals surface area contributed by atoms with E-state index in [0.717, 1.165) is 0 Å². The Labute approximate surface area is 166 Å². The first kappa shape index (κ1) is 23.4. The zero-order valence-electron chi connectivity index (χ0n) is 15.2. The lowest BCUT2D eigenvalue weighted by Crippen LogP contribution is -2.39. The number of carbonyl (C=O) groups excluding carboxylic acids is 1. The number of ether oxygens (including phenoxy) is 1. The molecule has 0 radical (unpaired) electrons. The minimum atomic E-state index is -0.499. The van der Waals surface area contributed by atoms with Gasteiger partial charge < -0.3 is 20.7 Å².